The number of thiophene rings is 1. The van der Waals surface area contributed by atoms with E-state index < -0.39 is 0 Å². The van der Waals surface area contributed by atoms with Gasteiger partial charge in [-0.2, -0.15) is 0 Å². The van der Waals surface area contributed by atoms with Crippen molar-refractivity contribution in [2.24, 2.45) is 0 Å². The highest BCUT2D eigenvalue weighted by molar-refractivity contribution is 7.12. The van der Waals surface area contributed by atoms with E-state index in [4.69, 9.17) is 4.98 Å². The standard InChI is InChI=1S/C39H25N3S/c1-3-12-26(13-4-1)33-24-28(25-34(40-33)27-14-5-2-6-15-27)41-35-18-9-7-16-29(35)31-21-22-32-30-17-8-10-19-36(30)42(39(32)38(31)41)37-20-11-23-43-37/h1-25H. The molecule has 4 aromatic heterocycles. The van der Waals surface area contributed by atoms with Crippen LogP contribution >= 0.6 is 11.3 Å². The second kappa shape index (κ2) is 9.55. The minimum atomic E-state index is 0.953. The molecule has 9 rings (SSSR count). The number of hydrogen-bond donors (Lipinski definition) is 0. The Bertz CT molecular complexity index is 2380. The van der Waals surface area contributed by atoms with Gasteiger partial charge in [-0.05, 0) is 41.8 Å². The second-order valence-electron chi connectivity index (χ2n) is 10.8. The number of aromatic nitrogens is 3. The third kappa shape index (κ3) is 3.70. The number of fused-ring (bicyclic) bond motifs is 7. The van der Waals surface area contributed by atoms with Gasteiger partial charge in [-0.25, -0.2) is 4.98 Å². The third-order valence-electron chi connectivity index (χ3n) is 8.40. The van der Waals surface area contributed by atoms with Crippen LogP contribution in [0.25, 0.3) is 76.8 Å². The van der Waals surface area contributed by atoms with E-state index in [9.17, 15) is 0 Å². The van der Waals surface area contributed by atoms with Crippen LogP contribution in [-0.4, -0.2) is 14.1 Å². The Kier molecular flexibility index (Phi) is 5.37. The Morgan fingerprint density at radius 3 is 1.51 bits per heavy atom. The quantitative estimate of drug-likeness (QED) is 0.207. The first-order valence-electron chi connectivity index (χ1n) is 14.5. The summed E-state index contributed by atoms with van der Waals surface area (Å²) < 4.78 is 4.90. The van der Waals surface area contributed by atoms with Gasteiger partial charge >= 0.3 is 0 Å². The fraction of sp³-hybridized carbons (Fsp3) is 0. The van der Waals surface area contributed by atoms with E-state index in [1.54, 1.807) is 11.3 Å². The maximum atomic E-state index is 5.18. The van der Waals surface area contributed by atoms with Crippen molar-refractivity contribution in [3.63, 3.8) is 0 Å². The molecular formula is C39H25N3S. The molecule has 43 heavy (non-hydrogen) atoms. The van der Waals surface area contributed by atoms with Crippen LogP contribution in [0, 0.1) is 0 Å². The normalized spacial score (nSPS) is 11.7. The molecule has 202 valence electrons. The molecule has 0 radical (unpaired) electrons. The molecule has 4 heterocycles. The van der Waals surface area contributed by atoms with Crippen molar-refractivity contribution in [2.75, 3.05) is 0 Å². The van der Waals surface area contributed by atoms with Crippen LogP contribution in [0.1, 0.15) is 0 Å². The molecule has 0 amide bonds. The van der Waals surface area contributed by atoms with Crippen LogP contribution in [-0.2, 0) is 0 Å². The van der Waals surface area contributed by atoms with Gasteiger partial charge in [-0.3, -0.25) is 4.57 Å². The molecule has 9 aromatic rings. The average molecular weight is 568 g/mol. The summed E-state index contributed by atoms with van der Waals surface area (Å²) in [6, 6.07) is 51.9. The van der Waals surface area contributed by atoms with E-state index in [1.165, 1.54) is 48.6 Å². The molecule has 0 aliphatic rings. The van der Waals surface area contributed by atoms with Gasteiger partial charge in [0.1, 0.15) is 5.00 Å². The Balaban J connectivity index is 1.48. The first-order valence-corrected chi connectivity index (χ1v) is 15.4. The van der Waals surface area contributed by atoms with Crippen molar-refractivity contribution in [3.05, 3.63) is 151 Å². The van der Waals surface area contributed by atoms with Crippen LogP contribution in [0.3, 0.4) is 0 Å². The topological polar surface area (TPSA) is 22.8 Å². The van der Waals surface area contributed by atoms with E-state index in [0.29, 0.717) is 0 Å². The summed E-state index contributed by atoms with van der Waals surface area (Å²) in [4.78, 5) is 5.18. The molecule has 0 saturated heterocycles. The summed E-state index contributed by atoms with van der Waals surface area (Å²) >= 11 is 1.77. The zero-order chi connectivity index (χ0) is 28.3. The highest BCUT2D eigenvalue weighted by atomic mass is 32.1. The zero-order valence-electron chi connectivity index (χ0n) is 23.2. The van der Waals surface area contributed by atoms with Crippen molar-refractivity contribution in [1.29, 1.82) is 0 Å². The highest BCUT2D eigenvalue weighted by Crippen LogP contribution is 2.42. The Hall–Kier alpha value is -5.45. The molecule has 0 aliphatic heterocycles. The average Bonchev–Trinajstić information content (AvgIpc) is 3.80. The van der Waals surface area contributed by atoms with Crippen LogP contribution in [0.4, 0.5) is 0 Å². The van der Waals surface area contributed by atoms with Crippen molar-refractivity contribution in [2.45, 2.75) is 0 Å². The Morgan fingerprint density at radius 1 is 0.442 bits per heavy atom. The monoisotopic (exact) mass is 567 g/mol. The van der Waals surface area contributed by atoms with Crippen LogP contribution in [0.15, 0.2) is 151 Å². The largest absolute Gasteiger partial charge is 0.307 e. The van der Waals surface area contributed by atoms with E-state index in [0.717, 1.165) is 28.2 Å². The second-order valence-corrected chi connectivity index (χ2v) is 11.8. The summed E-state index contributed by atoms with van der Waals surface area (Å²) in [5.41, 5.74) is 10.0. The minimum absolute atomic E-state index is 0.953. The van der Waals surface area contributed by atoms with Crippen LogP contribution in [0.5, 0.6) is 0 Å². The van der Waals surface area contributed by atoms with E-state index in [1.807, 2.05) is 0 Å². The van der Waals surface area contributed by atoms with Gasteiger partial charge in [0.25, 0.3) is 0 Å². The number of hydrogen-bond acceptors (Lipinski definition) is 2. The lowest BCUT2D eigenvalue weighted by Crippen LogP contribution is -2.00. The number of nitrogens with zero attached hydrogens (tertiary/aromatic N) is 3. The van der Waals surface area contributed by atoms with Gasteiger partial charge in [0.2, 0.25) is 0 Å². The molecule has 4 heteroatoms. The van der Waals surface area contributed by atoms with Gasteiger partial charge in [0, 0.05) is 32.7 Å². The van der Waals surface area contributed by atoms with E-state index in [2.05, 4.69) is 160 Å². The van der Waals surface area contributed by atoms with E-state index in [-0.39, 0.29) is 0 Å². The summed E-state index contributed by atoms with van der Waals surface area (Å²) in [6.45, 7) is 0. The molecule has 5 aromatic carbocycles. The fourth-order valence-corrected chi connectivity index (χ4v) is 7.30. The molecule has 0 N–H and O–H groups in total. The molecule has 3 nitrogen and oxygen atoms in total. The van der Waals surface area contributed by atoms with Gasteiger partial charge < -0.3 is 4.57 Å². The fourth-order valence-electron chi connectivity index (χ4n) is 6.55. The van der Waals surface area contributed by atoms with Crippen molar-refractivity contribution in [3.8, 4) is 33.2 Å². The smallest absolute Gasteiger partial charge is 0.100 e. The van der Waals surface area contributed by atoms with Gasteiger partial charge in [-0.1, -0.05) is 109 Å². The van der Waals surface area contributed by atoms with Crippen molar-refractivity contribution in [1.82, 2.24) is 14.1 Å². The van der Waals surface area contributed by atoms with Crippen LogP contribution in [0.2, 0.25) is 0 Å². The number of rotatable bonds is 4. The number of pyridine rings is 1. The molecule has 0 bridgehead atoms. The molecule has 0 unspecified atom stereocenters. The van der Waals surface area contributed by atoms with E-state index >= 15 is 0 Å². The maximum absolute atomic E-state index is 5.18. The van der Waals surface area contributed by atoms with Crippen molar-refractivity contribution < 1.29 is 0 Å². The highest BCUT2D eigenvalue weighted by Gasteiger charge is 2.22. The molecule has 0 atom stereocenters. The lowest BCUT2D eigenvalue weighted by Gasteiger charge is -2.14. The summed E-state index contributed by atoms with van der Waals surface area (Å²) in [5, 5.41) is 8.35. The summed E-state index contributed by atoms with van der Waals surface area (Å²) in [5.74, 6) is 0. The van der Waals surface area contributed by atoms with Crippen molar-refractivity contribution >= 4 is 54.9 Å². The minimum Gasteiger partial charge on any atom is -0.307 e. The molecule has 0 spiro atoms. The SMILES string of the molecule is c1ccc(-c2cc(-n3c4ccccc4c4ccc5c6ccccc6n(-c6cccs6)c5c43)cc(-c3ccccc3)n2)cc1. The summed E-state index contributed by atoms with van der Waals surface area (Å²) in [7, 11) is 0. The zero-order valence-corrected chi connectivity index (χ0v) is 24.0. The predicted molar refractivity (Wildman–Crippen MR) is 182 cm³/mol. The Labute approximate surface area is 252 Å². The predicted octanol–water partition coefficient (Wildman–Crippen LogP) is 10.7. The molecule has 0 fully saturated rings. The third-order valence-corrected chi connectivity index (χ3v) is 9.26. The molecular weight excluding hydrogens is 543 g/mol. The summed E-state index contributed by atoms with van der Waals surface area (Å²) in [6.07, 6.45) is 0. The first kappa shape index (κ1) is 24.2. The molecule has 0 aliphatic carbocycles. The van der Waals surface area contributed by atoms with Gasteiger partial charge in [0.05, 0.1) is 39.1 Å². The van der Waals surface area contributed by atoms with Crippen LogP contribution < -0.4 is 0 Å². The Morgan fingerprint density at radius 2 is 0.953 bits per heavy atom. The number of benzene rings is 5. The lowest BCUT2D eigenvalue weighted by atomic mass is 10.1. The first-order chi connectivity index (χ1) is 21.3. The van der Waals surface area contributed by atoms with Gasteiger partial charge in [-0.15, -0.1) is 11.3 Å². The maximum Gasteiger partial charge on any atom is 0.100 e. The molecule has 0 saturated carbocycles. The lowest BCUT2D eigenvalue weighted by molar-refractivity contribution is 1.15. The van der Waals surface area contributed by atoms with Gasteiger partial charge in [0.15, 0.2) is 0 Å². The number of para-hydroxylation sites is 2.